The second-order valence-corrected chi connectivity index (χ2v) is 6.95. The molecule has 2 heterocycles. The fraction of sp³-hybridized carbons (Fsp3) is 0.647. The van der Waals surface area contributed by atoms with Gasteiger partial charge in [0.1, 0.15) is 11.9 Å². The third-order valence-corrected chi connectivity index (χ3v) is 5.02. The molecule has 0 bridgehead atoms. The second kappa shape index (κ2) is 7.12. The minimum Gasteiger partial charge on any atom is -0.490 e. The Bertz CT molecular complexity index is 474. The number of hydrogen-bond acceptors (Lipinski definition) is 3. The molecule has 2 unspecified atom stereocenters. The summed E-state index contributed by atoms with van der Waals surface area (Å²) in [5.74, 6) is 1.68. The molecule has 0 radical (unpaired) electrons. The molecule has 1 fully saturated rings. The summed E-state index contributed by atoms with van der Waals surface area (Å²) >= 11 is 3.58. The Labute approximate surface area is 135 Å². The lowest BCUT2D eigenvalue weighted by Gasteiger charge is -2.38. The van der Waals surface area contributed by atoms with Crippen LogP contribution >= 0.6 is 15.9 Å². The van der Waals surface area contributed by atoms with Crippen LogP contribution in [0.25, 0.3) is 0 Å². The molecule has 3 rings (SSSR count). The predicted molar refractivity (Wildman–Crippen MR) is 87.8 cm³/mol. The van der Waals surface area contributed by atoms with E-state index in [1.54, 1.807) is 0 Å². The van der Waals surface area contributed by atoms with Crippen molar-refractivity contribution in [2.24, 2.45) is 5.92 Å². The van der Waals surface area contributed by atoms with Crippen molar-refractivity contribution in [1.29, 1.82) is 0 Å². The quantitative estimate of drug-likeness (QED) is 0.884. The molecule has 0 aliphatic carbocycles. The van der Waals surface area contributed by atoms with Crippen molar-refractivity contribution in [2.45, 2.75) is 44.8 Å². The minimum atomic E-state index is 0.317. The Morgan fingerprint density at radius 3 is 2.86 bits per heavy atom. The lowest BCUT2D eigenvalue weighted by Crippen LogP contribution is -2.39. The first-order chi connectivity index (χ1) is 10.3. The monoisotopic (exact) mass is 353 g/mol. The van der Waals surface area contributed by atoms with E-state index >= 15 is 0 Å². The number of halogens is 1. The normalized spacial score (nSPS) is 26.2. The van der Waals surface area contributed by atoms with Gasteiger partial charge < -0.3 is 14.8 Å². The Hall–Kier alpha value is -0.580. The van der Waals surface area contributed by atoms with Crippen LogP contribution in [-0.2, 0) is 4.74 Å². The van der Waals surface area contributed by atoms with E-state index in [-0.39, 0.29) is 0 Å². The first-order valence-electron chi connectivity index (χ1n) is 8.05. The van der Waals surface area contributed by atoms with Crippen molar-refractivity contribution < 1.29 is 9.47 Å². The number of fused-ring (bicyclic) bond motifs is 1. The lowest BCUT2D eigenvalue weighted by molar-refractivity contribution is 0.00529. The van der Waals surface area contributed by atoms with E-state index in [1.807, 2.05) is 0 Å². The van der Waals surface area contributed by atoms with Gasteiger partial charge in [-0.2, -0.15) is 0 Å². The third kappa shape index (κ3) is 3.61. The van der Waals surface area contributed by atoms with Crippen LogP contribution in [0.15, 0.2) is 22.7 Å². The number of ether oxygens (including phenoxy) is 2. The summed E-state index contributed by atoms with van der Waals surface area (Å²) in [6.45, 7) is 5.02. The molecular formula is C17H24BrNO2. The average molecular weight is 354 g/mol. The molecule has 2 atom stereocenters. The van der Waals surface area contributed by atoms with Crippen molar-refractivity contribution in [1.82, 2.24) is 5.32 Å². The van der Waals surface area contributed by atoms with Gasteiger partial charge in [0.25, 0.3) is 0 Å². The van der Waals surface area contributed by atoms with E-state index in [0.29, 0.717) is 18.1 Å². The predicted octanol–water partition coefficient (Wildman–Crippen LogP) is 4.07. The number of benzene rings is 1. The van der Waals surface area contributed by atoms with E-state index in [9.17, 15) is 0 Å². The minimum absolute atomic E-state index is 0.317. The smallest absolute Gasteiger partial charge is 0.124 e. The van der Waals surface area contributed by atoms with Crippen molar-refractivity contribution in [2.75, 3.05) is 19.8 Å². The Kier molecular flexibility index (Phi) is 5.19. The second-order valence-electron chi connectivity index (χ2n) is 6.03. The molecular weight excluding hydrogens is 330 g/mol. The highest BCUT2D eigenvalue weighted by Gasteiger charge is 2.34. The van der Waals surface area contributed by atoms with Gasteiger partial charge in [0.05, 0.1) is 0 Å². The van der Waals surface area contributed by atoms with E-state index in [4.69, 9.17) is 9.47 Å². The summed E-state index contributed by atoms with van der Waals surface area (Å²) in [5.41, 5.74) is 1.29. The molecule has 4 heteroatoms. The standard InChI is InChI=1S/C17H24BrNO2/c1-2-7-19-15-11-17(12-5-8-20-9-6-12)21-16-4-3-13(18)10-14(15)16/h3-4,10,12,15,17,19H,2,5-9,11H2,1H3. The topological polar surface area (TPSA) is 30.5 Å². The fourth-order valence-electron chi connectivity index (χ4n) is 3.36. The summed E-state index contributed by atoms with van der Waals surface area (Å²) in [4.78, 5) is 0. The van der Waals surface area contributed by atoms with E-state index < -0.39 is 0 Å². The first kappa shape index (κ1) is 15.3. The third-order valence-electron chi connectivity index (χ3n) is 4.53. The van der Waals surface area contributed by atoms with Crippen LogP contribution in [0.3, 0.4) is 0 Å². The summed E-state index contributed by atoms with van der Waals surface area (Å²) in [7, 11) is 0. The van der Waals surface area contributed by atoms with Crippen molar-refractivity contribution in [3.05, 3.63) is 28.2 Å². The molecule has 1 saturated heterocycles. The van der Waals surface area contributed by atoms with Gasteiger partial charge in [0, 0.05) is 41.6 Å². The van der Waals surface area contributed by atoms with Gasteiger partial charge in [0.2, 0.25) is 0 Å². The molecule has 2 aliphatic rings. The maximum atomic E-state index is 6.32. The van der Waals surface area contributed by atoms with E-state index in [1.165, 1.54) is 5.56 Å². The molecule has 1 N–H and O–H groups in total. The summed E-state index contributed by atoms with van der Waals surface area (Å²) in [5, 5.41) is 3.69. The molecule has 116 valence electrons. The van der Waals surface area contributed by atoms with E-state index in [2.05, 4.69) is 46.4 Å². The van der Waals surface area contributed by atoms with Gasteiger partial charge in [0.15, 0.2) is 0 Å². The summed E-state index contributed by atoms with van der Waals surface area (Å²) in [6, 6.07) is 6.77. The highest BCUT2D eigenvalue weighted by Crippen LogP contribution is 2.40. The molecule has 3 nitrogen and oxygen atoms in total. The highest BCUT2D eigenvalue weighted by molar-refractivity contribution is 9.10. The lowest BCUT2D eigenvalue weighted by atomic mass is 9.86. The van der Waals surface area contributed by atoms with Crippen LogP contribution in [0.1, 0.15) is 44.2 Å². The SMILES string of the molecule is CCCNC1CC(C2CCOCC2)Oc2ccc(Br)cc21. The largest absolute Gasteiger partial charge is 0.490 e. The van der Waals surface area contributed by atoms with Gasteiger partial charge in [-0.15, -0.1) is 0 Å². The van der Waals surface area contributed by atoms with Crippen molar-refractivity contribution in [3.8, 4) is 5.75 Å². The molecule has 0 saturated carbocycles. The molecule has 0 amide bonds. The van der Waals surface area contributed by atoms with Crippen LogP contribution in [0.5, 0.6) is 5.75 Å². The zero-order valence-electron chi connectivity index (χ0n) is 12.6. The zero-order chi connectivity index (χ0) is 14.7. The van der Waals surface area contributed by atoms with Crippen LogP contribution in [-0.4, -0.2) is 25.9 Å². The molecule has 1 aromatic carbocycles. The Morgan fingerprint density at radius 1 is 1.29 bits per heavy atom. The van der Waals surface area contributed by atoms with Crippen molar-refractivity contribution >= 4 is 15.9 Å². The van der Waals surface area contributed by atoms with Crippen molar-refractivity contribution in [3.63, 3.8) is 0 Å². The highest BCUT2D eigenvalue weighted by atomic mass is 79.9. The molecule has 0 aromatic heterocycles. The fourth-order valence-corrected chi connectivity index (χ4v) is 3.74. The maximum Gasteiger partial charge on any atom is 0.124 e. The molecule has 0 spiro atoms. The van der Waals surface area contributed by atoms with Gasteiger partial charge in [-0.3, -0.25) is 0 Å². The Balaban J connectivity index is 1.80. The molecule has 1 aromatic rings. The van der Waals surface area contributed by atoms with E-state index in [0.717, 1.165) is 55.7 Å². The number of hydrogen-bond donors (Lipinski definition) is 1. The summed E-state index contributed by atoms with van der Waals surface area (Å²) < 4.78 is 12.9. The summed E-state index contributed by atoms with van der Waals surface area (Å²) in [6.07, 6.45) is 4.78. The number of nitrogens with one attached hydrogen (secondary N) is 1. The van der Waals surface area contributed by atoms with Crippen LogP contribution < -0.4 is 10.1 Å². The molecule has 21 heavy (non-hydrogen) atoms. The first-order valence-corrected chi connectivity index (χ1v) is 8.84. The van der Waals surface area contributed by atoms with Gasteiger partial charge >= 0.3 is 0 Å². The Morgan fingerprint density at radius 2 is 2.10 bits per heavy atom. The van der Waals surface area contributed by atoms with Gasteiger partial charge in [-0.05, 0) is 44.0 Å². The molecule has 2 aliphatic heterocycles. The maximum absolute atomic E-state index is 6.32. The van der Waals surface area contributed by atoms with Gasteiger partial charge in [-0.1, -0.05) is 22.9 Å². The van der Waals surface area contributed by atoms with Crippen LogP contribution in [0, 0.1) is 5.92 Å². The zero-order valence-corrected chi connectivity index (χ0v) is 14.2. The average Bonchev–Trinajstić information content (AvgIpc) is 2.53. The van der Waals surface area contributed by atoms with Crippen LogP contribution in [0.4, 0.5) is 0 Å². The van der Waals surface area contributed by atoms with Crippen LogP contribution in [0.2, 0.25) is 0 Å². The number of rotatable bonds is 4. The van der Waals surface area contributed by atoms with Gasteiger partial charge in [-0.25, -0.2) is 0 Å².